The topological polar surface area (TPSA) is 100 Å². The number of aromatic nitrogens is 1. The van der Waals surface area contributed by atoms with Crippen molar-refractivity contribution in [3.8, 4) is 0 Å². The maximum Gasteiger partial charge on any atom is 0.209 e. The highest BCUT2D eigenvalue weighted by Crippen LogP contribution is 2.23. The fourth-order valence-corrected chi connectivity index (χ4v) is 4.34. The van der Waals surface area contributed by atoms with Crippen LogP contribution in [0.15, 0.2) is 48.7 Å². The lowest BCUT2D eigenvalue weighted by Gasteiger charge is -2.14. The third-order valence-electron chi connectivity index (χ3n) is 4.80. The van der Waals surface area contributed by atoms with Crippen LogP contribution in [0.25, 0.3) is 10.9 Å². The molecule has 9 heteroatoms. The number of fused-ring (bicyclic) bond motifs is 1. The van der Waals surface area contributed by atoms with Crippen molar-refractivity contribution in [2.24, 2.45) is 5.14 Å². The highest BCUT2D eigenvalue weighted by Gasteiger charge is 2.08. The van der Waals surface area contributed by atoms with Crippen LogP contribution in [0.5, 0.6) is 0 Å². The molecule has 0 spiro atoms. The van der Waals surface area contributed by atoms with Crippen molar-refractivity contribution in [2.45, 2.75) is 25.7 Å². The van der Waals surface area contributed by atoms with Gasteiger partial charge in [-0.2, -0.15) is 0 Å². The van der Waals surface area contributed by atoms with Gasteiger partial charge >= 0.3 is 0 Å². The smallest absolute Gasteiger partial charge is 0.209 e. The first-order chi connectivity index (χ1) is 14.3. The number of aryl methyl sites for hydroxylation is 1. The number of primary sulfonamides is 1. The van der Waals surface area contributed by atoms with Crippen molar-refractivity contribution in [3.05, 3.63) is 64.8 Å². The lowest BCUT2D eigenvalue weighted by molar-refractivity contribution is 0.593. The second-order valence-corrected chi connectivity index (χ2v) is 9.69. The molecule has 6 nitrogen and oxygen atoms in total. The van der Waals surface area contributed by atoms with Crippen LogP contribution < -0.4 is 15.8 Å². The maximum atomic E-state index is 11.1. The zero-order valence-corrected chi connectivity index (χ0v) is 18.8. The number of nitrogens with one attached hydrogen (secondary N) is 3. The van der Waals surface area contributed by atoms with Gasteiger partial charge in [-0.1, -0.05) is 29.8 Å². The molecule has 0 aliphatic heterocycles. The van der Waals surface area contributed by atoms with Crippen LogP contribution in [0, 0.1) is 0 Å². The Morgan fingerprint density at radius 2 is 1.90 bits per heavy atom. The number of nitrogens with two attached hydrogens (primary N) is 1. The van der Waals surface area contributed by atoms with E-state index in [4.69, 9.17) is 29.0 Å². The Kier molecular flexibility index (Phi) is 7.71. The second kappa shape index (κ2) is 10.3. The van der Waals surface area contributed by atoms with E-state index in [-0.39, 0.29) is 5.75 Å². The molecule has 160 valence electrons. The first-order valence-corrected chi connectivity index (χ1v) is 12.2. The van der Waals surface area contributed by atoms with Crippen LogP contribution in [-0.4, -0.2) is 30.8 Å². The average molecular weight is 465 g/mol. The number of unbranched alkanes of at least 4 members (excludes halogenated alkanes) is 1. The van der Waals surface area contributed by atoms with E-state index < -0.39 is 10.0 Å². The van der Waals surface area contributed by atoms with Crippen LogP contribution in [-0.2, 0) is 22.9 Å². The summed E-state index contributed by atoms with van der Waals surface area (Å²) >= 11 is 11.6. The lowest BCUT2D eigenvalue weighted by Crippen LogP contribution is -2.30. The SMILES string of the molecule is NS(=O)(=O)CCCCc1cc(Cl)ccc1NC(=S)NCCc1c[nH]c2ccccc12. The maximum absolute atomic E-state index is 11.1. The Hall–Kier alpha value is -2.13. The molecule has 1 aromatic heterocycles. The van der Waals surface area contributed by atoms with Crippen molar-refractivity contribution in [3.63, 3.8) is 0 Å². The van der Waals surface area contributed by atoms with Gasteiger partial charge in [-0.3, -0.25) is 0 Å². The largest absolute Gasteiger partial charge is 0.362 e. The van der Waals surface area contributed by atoms with Gasteiger partial charge in [-0.15, -0.1) is 0 Å². The highest BCUT2D eigenvalue weighted by atomic mass is 35.5. The molecule has 2 aromatic carbocycles. The molecule has 5 N–H and O–H groups in total. The first kappa shape index (κ1) is 22.6. The summed E-state index contributed by atoms with van der Waals surface area (Å²) in [6.45, 7) is 0.699. The molecule has 3 rings (SSSR count). The quantitative estimate of drug-likeness (QED) is 0.283. The zero-order chi connectivity index (χ0) is 21.6. The lowest BCUT2D eigenvalue weighted by atomic mass is 10.1. The summed E-state index contributed by atoms with van der Waals surface area (Å²) in [4.78, 5) is 3.28. The van der Waals surface area contributed by atoms with Crippen molar-refractivity contribution in [1.82, 2.24) is 10.3 Å². The number of halogens is 1. The van der Waals surface area contributed by atoms with Crippen LogP contribution in [0.4, 0.5) is 5.69 Å². The molecule has 0 radical (unpaired) electrons. The molecule has 0 unspecified atom stereocenters. The van der Waals surface area contributed by atoms with Gasteiger partial charge in [0.1, 0.15) is 0 Å². The van der Waals surface area contributed by atoms with Crippen molar-refractivity contribution in [2.75, 3.05) is 17.6 Å². The number of hydrogen-bond acceptors (Lipinski definition) is 3. The van der Waals surface area contributed by atoms with E-state index in [1.807, 2.05) is 30.5 Å². The third kappa shape index (κ3) is 6.70. The van der Waals surface area contributed by atoms with Gasteiger partial charge in [-0.05, 0) is 73.3 Å². The predicted octanol–water partition coefficient (Wildman–Crippen LogP) is 3.96. The number of anilines is 1. The van der Waals surface area contributed by atoms with E-state index in [2.05, 4.69) is 27.8 Å². The van der Waals surface area contributed by atoms with E-state index in [9.17, 15) is 8.42 Å². The van der Waals surface area contributed by atoms with Gasteiger partial charge in [-0.25, -0.2) is 13.6 Å². The van der Waals surface area contributed by atoms with Crippen molar-refractivity contribution in [1.29, 1.82) is 0 Å². The number of rotatable bonds is 9. The Morgan fingerprint density at radius 3 is 2.70 bits per heavy atom. The number of hydrogen-bond donors (Lipinski definition) is 4. The van der Waals surface area contributed by atoms with Crippen molar-refractivity contribution >= 4 is 55.5 Å². The Bertz CT molecular complexity index is 1130. The van der Waals surface area contributed by atoms with E-state index in [0.717, 1.165) is 23.2 Å². The molecule has 0 aliphatic rings. The molecule has 1 heterocycles. The summed E-state index contributed by atoms with van der Waals surface area (Å²) in [5.74, 6) is -0.0237. The van der Waals surface area contributed by atoms with E-state index in [1.54, 1.807) is 6.07 Å². The summed E-state index contributed by atoms with van der Waals surface area (Å²) in [6, 6.07) is 13.8. The molecule has 0 atom stereocenters. The fraction of sp³-hybridized carbons (Fsp3) is 0.286. The minimum absolute atomic E-state index is 0.0237. The number of aromatic amines is 1. The number of sulfonamides is 1. The number of thiocarbonyl (C=S) groups is 1. The number of H-pyrrole nitrogens is 1. The summed E-state index contributed by atoms with van der Waals surface area (Å²) in [5.41, 5.74) is 4.21. The summed E-state index contributed by atoms with van der Waals surface area (Å²) in [5, 5.41) is 13.9. The number of para-hydroxylation sites is 1. The Labute approximate surface area is 187 Å². The highest BCUT2D eigenvalue weighted by molar-refractivity contribution is 7.89. The molecule has 0 aliphatic carbocycles. The monoisotopic (exact) mass is 464 g/mol. The summed E-state index contributed by atoms with van der Waals surface area (Å²) in [7, 11) is -3.43. The van der Waals surface area contributed by atoms with Crippen LogP contribution >= 0.6 is 23.8 Å². The Balaban J connectivity index is 1.52. The molecule has 0 saturated carbocycles. The van der Waals surface area contributed by atoms with Crippen LogP contribution in [0.3, 0.4) is 0 Å². The van der Waals surface area contributed by atoms with Crippen molar-refractivity contribution < 1.29 is 8.42 Å². The standard InChI is InChI=1S/C21H25ClN4O2S2/c22-17-8-9-19(15(13-17)5-3-4-12-30(23,27)28)26-21(29)24-11-10-16-14-25-20-7-2-1-6-18(16)20/h1-2,6-9,13-14,25H,3-5,10-12H2,(H2,23,27,28)(H2,24,26,29). The second-order valence-electron chi connectivity index (χ2n) is 7.12. The van der Waals surface area contributed by atoms with Gasteiger partial charge in [0.2, 0.25) is 10.0 Å². The average Bonchev–Trinajstić information content (AvgIpc) is 3.10. The van der Waals surface area contributed by atoms with Gasteiger partial charge in [0.25, 0.3) is 0 Å². The zero-order valence-electron chi connectivity index (χ0n) is 16.4. The van der Waals surface area contributed by atoms with E-state index in [0.29, 0.717) is 35.9 Å². The van der Waals surface area contributed by atoms with E-state index in [1.165, 1.54) is 10.9 Å². The van der Waals surface area contributed by atoms with Crippen LogP contribution in [0.2, 0.25) is 5.02 Å². The molecular formula is C21H25ClN4O2S2. The van der Waals surface area contributed by atoms with E-state index >= 15 is 0 Å². The number of benzene rings is 2. The molecule has 3 aromatic rings. The summed E-state index contributed by atoms with van der Waals surface area (Å²) in [6.07, 6.45) is 4.73. The molecule has 0 fully saturated rings. The molecule has 0 bridgehead atoms. The van der Waals surface area contributed by atoms with Crippen LogP contribution in [0.1, 0.15) is 24.0 Å². The first-order valence-electron chi connectivity index (χ1n) is 9.70. The Morgan fingerprint density at radius 1 is 1.10 bits per heavy atom. The third-order valence-corrected chi connectivity index (χ3v) is 6.13. The summed E-state index contributed by atoms with van der Waals surface area (Å²) < 4.78 is 22.2. The van der Waals surface area contributed by atoms with Gasteiger partial charge in [0.05, 0.1) is 5.75 Å². The molecule has 30 heavy (non-hydrogen) atoms. The molecular weight excluding hydrogens is 440 g/mol. The van der Waals surface area contributed by atoms with Gasteiger partial charge in [0.15, 0.2) is 5.11 Å². The minimum atomic E-state index is -3.43. The fourth-order valence-electron chi connectivity index (χ4n) is 3.33. The predicted molar refractivity (Wildman–Crippen MR) is 129 cm³/mol. The van der Waals surface area contributed by atoms with Gasteiger partial charge < -0.3 is 15.6 Å². The minimum Gasteiger partial charge on any atom is -0.362 e. The van der Waals surface area contributed by atoms with Gasteiger partial charge in [0, 0.05) is 34.4 Å². The normalized spacial score (nSPS) is 11.5. The molecule has 0 saturated heterocycles. The molecule has 0 amide bonds.